The molecule has 0 aliphatic heterocycles. The molecule has 1 N–H and O–H groups in total. The van der Waals surface area contributed by atoms with Crippen LogP contribution in [-0.2, 0) is 17.8 Å². The van der Waals surface area contributed by atoms with Gasteiger partial charge in [0.05, 0.1) is 13.7 Å². The molecule has 0 aliphatic carbocycles. The summed E-state index contributed by atoms with van der Waals surface area (Å²) in [5, 5.41) is 10.9. The minimum atomic E-state index is -0.141. The van der Waals surface area contributed by atoms with E-state index in [1.807, 2.05) is 61.5 Å². The predicted octanol–water partition coefficient (Wildman–Crippen LogP) is 3.24. The average molecular weight is 351 g/mol. The van der Waals surface area contributed by atoms with E-state index in [2.05, 4.69) is 15.5 Å². The molecule has 26 heavy (non-hydrogen) atoms. The van der Waals surface area contributed by atoms with E-state index in [-0.39, 0.29) is 18.4 Å². The number of amides is 1. The molecular weight excluding hydrogens is 330 g/mol. The Bertz CT molecular complexity index is 862. The van der Waals surface area contributed by atoms with Crippen LogP contribution < -0.4 is 10.1 Å². The van der Waals surface area contributed by atoms with Gasteiger partial charge in [-0.3, -0.25) is 4.79 Å². The van der Waals surface area contributed by atoms with Crippen molar-refractivity contribution in [3.05, 3.63) is 66.1 Å². The molecule has 0 saturated carbocycles. The molecule has 0 saturated heterocycles. The largest absolute Gasteiger partial charge is 0.497 e. The van der Waals surface area contributed by atoms with Crippen LogP contribution in [0.5, 0.6) is 5.75 Å². The minimum absolute atomic E-state index is 0.0463. The van der Waals surface area contributed by atoms with Gasteiger partial charge in [0.1, 0.15) is 5.75 Å². The van der Waals surface area contributed by atoms with Crippen LogP contribution in [0, 0.1) is 5.92 Å². The molecule has 1 heterocycles. The number of aromatic nitrogens is 2. The van der Waals surface area contributed by atoms with Gasteiger partial charge in [0.15, 0.2) is 0 Å². The quantitative estimate of drug-likeness (QED) is 0.707. The highest BCUT2D eigenvalue weighted by Gasteiger charge is 2.15. The molecule has 134 valence electrons. The van der Waals surface area contributed by atoms with Gasteiger partial charge in [-0.05, 0) is 30.2 Å². The van der Waals surface area contributed by atoms with Crippen molar-refractivity contribution in [2.45, 2.75) is 19.9 Å². The molecule has 6 heteroatoms. The van der Waals surface area contributed by atoms with Crippen molar-refractivity contribution in [1.29, 1.82) is 0 Å². The third-order valence-corrected chi connectivity index (χ3v) is 4.03. The van der Waals surface area contributed by atoms with E-state index in [1.54, 1.807) is 7.11 Å². The Morgan fingerprint density at radius 3 is 2.73 bits per heavy atom. The van der Waals surface area contributed by atoms with Crippen molar-refractivity contribution in [3.8, 4) is 17.2 Å². The second-order valence-corrected chi connectivity index (χ2v) is 6.04. The fraction of sp³-hybridized carbons (Fsp3) is 0.250. The Labute approximate surface area is 152 Å². The molecule has 3 aromatic rings. The standard InChI is InChI=1S/C20H21N3O3/c1-14(11-15-7-4-3-5-8-15)19(24)21-13-18-22-23-20(26-18)16-9-6-10-17(12-16)25-2/h3-10,12,14H,11,13H2,1-2H3,(H,21,24). The van der Waals surface area contributed by atoms with Crippen LogP contribution in [0.4, 0.5) is 0 Å². The van der Waals surface area contributed by atoms with Crippen LogP contribution in [0.2, 0.25) is 0 Å². The van der Waals surface area contributed by atoms with Crippen LogP contribution in [-0.4, -0.2) is 23.2 Å². The number of hydrogen-bond donors (Lipinski definition) is 1. The van der Waals surface area contributed by atoms with Crippen LogP contribution >= 0.6 is 0 Å². The van der Waals surface area contributed by atoms with Gasteiger partial charge in [-0.25, -0.2) is 0 Å². The van der Waals surface area contributed by atoms with Crippen LogP contribution in [0.15, 0.2) is 59.0 Å². The van der Waals surface area contributed by atoms with Gasteiger partial charge in [-0.1, -0.05) is 43.3 Å². The summed E-state index contributed by atoms with van der Waals surface area (Å²) in [7, 11) is 1.60. The Morgan fingerprint density at radius 2 is 1.96 bits per heavy atom. The number of nitrogens with zero attached hydrogens (tertiary/aromatic N) is 2. The fourth-order valence-corrected chi connectivity index (χ4v) is 2.60. The van der Waals surface area contributed by atoms with Crippen molar-refractivity contribution in [2.75, 3.05) is 7.11 Å². The molecule has 0 spiro atoms. The van der Waals surface area contributed by atoms with Gasteiger partial charge < -0.3 is 14.5 Å². The maximum absolute atomic E-state index is 12.3. The maximum Gasteiger partial charge on any atom is 0.247 e. The molecule has 1 atom stereocenters. The molecule has 2 aromatic carbocycles. The highest BCUT2D eigenvalue weighted by atomic mass is 16.5. The summed E-state index contributed by atoms with van der Waals surface area (Å²) >= 11 is 0. The Kier molecular flexibility index (Phi) is 5.63. The zero-order valence-electron chi connectivity index (χ0n) is 14.8. The fourth-order valence-electron chi connectivity index (χ4n) is 2.60. The lowest BCUT2D eigenvalue weighted by atomic mass is 10.0. The monoisotopic (exact) mass is 351 g/mol. The van der Waals surface area contributed by atoms with Gasteiger partial charge in [0.2, 0.25) is 17.7 Å². The van der Waals surface area contributed by atoms with E-state index in [4.69, 9.17) is 9.15 Å². The topological polar surface area (TPSA) is 77.3 Å². The molecule has 1 aromatic heterocycles. The number of ether oxygens (including phenoxy) is 1. The maximum atomic E-state index is 12.3. The summed E-state index contributed by atoms with van der Waals surface area (Å²) in [5.74, 6) is 1.28. The normalized spacial score (nSPS) is 11.8. The van der Waals surface area contributed by atoms with E-state index in [1.165, 1.54) is 0 Å². The van der Waals surface area contributed by atoms with Crippen molar-refractivity contribution >= 4 is 5.91 Å². The lowest BCUT2D eigenvalue weighted by molar-refractivity contribution is -0.124. The van der Waals surface area contributed by atoms with Crippen LogP contribution in [0.3, 0.4) is 0 Å². The van der Waals surface area contributed by atoms with Gasteiger partial charge >= 0.3 is 0 Å². The zero-order chi connectivity index (χ0) is 18.4. The Hall–Kier alpha value is -3.15. The number of carbonyl (C=O) groups excluding carboxylic acids is 1. The van der Waals surface area contributed by atoms with Gasteiger partial charge in [0, 0.05) is 11.5 Å². The first kappa shape index (κ1) is 17.7. The van der Waals surface area contributed by atoms with Crippen molar-refractivity contribution in [3.63, 3.8) is 0 Å². The second kappa shape index (κ2) is 8.29. The van der Waals surface area contributed by atoms with E-state index in [9.17, 15) is 4.79 Å². The average Bonchev–Trinajstić information content (AvgIpc) is 3.16. The minimum Gasteiger partial charge on any atom is -0.497 e. The number of benzene rings is 2. The first-order chi connectivity index (χ1) is 12.7. The number of hydrogen-bond acceptors (Lipinski definition) is 5. The summed E-state index contributed by atoms with van der Waals surface area (Å²) in [6, 6.07) is 17.3. The van der Waals surface area contributed by atoms with Gasteiger partial charge in [-0.2, -0.15) is 0 Å². The molecule has 0 fully saturated rings. The second-order valence-electron chi connectivity index (χ2n) is 6.04. The summed E-state index contributed by atoms with van der Waals surface area (Å²) < 4.78 is 10.8. The molecule has 0 bridgehead atoms. The first-order valence-corrected chi connectivity index (χ1v) is 8.44. The predicted molar refractivity (Wildman–Crippen MR) is 97.4 cm³/mol. The van der Waals surface area contributed by atoms with Gasteiger partial charge in [-0.15, -0.1) is 10.2 Å². The molecule has 3 rings (SSSR count). The van der Waals surface area contributed by atoms with Crippen molar-refractivity contribution in [2.24, 2.45) is 5.92 Å². The lowest BCUT2D eigenvalue weighted by Crippen LogP contribution is -2.30. The highest BCUT2D eigenvalue weighted by Crippen LogP contribution is 2.22. The van der Waals surface area contributed by atoms with Gasteiger partial charge in [0.25, 0.3) is 0 Å². The lowest BCUT2D eigenvalue weighted by Gasteiger charge is -2.11. The smallest absolute Gasteiger partial charge is 0.247 e. The number of carbonyl (C=O) groups is 1. The van der Waals surface area contributed by atoms with Crippen LogP contribution in [0.1, 0.15) is 18.4 Å². The van der Waals surface area contributed by atoms with E-state index >= 15 is 0 Å². The molecule has 1 unspecified atom stereocenters. The third kappa shape index (κ3) is 4.47. The van der Waals surface area contributed by atoms with E-state index in [0.717, 1.165) is 11.1 Å². The summed E-state index contributed by atoms with van der Waals surface area (Å²) in [6.07, 6.45) is 0.686. The first-order valence-electron chi connectivity index (χ1n) is 8.44. The van der Waals surface area contributed by atoms with Crippen molar-refractivity contribution < 1.29 is 13.9 Å². The molecule has 0 radical (unpaired) electrons. The third-order valence-electron chi connectivity index (χ3n) is 4.03. The Morgan fingerprint density at radius 1 is 1.15 bits per heavy atom. The number of methoxy groups -OCH3 is 1. The number of nitrogens with one attached hydrogen (secondary N) is 1. The van der Waals surface area contributed by atoms with Crippen molar-refractivity contribution in [1.82, 2.24) is 15.5 Å². The highest BCUT2D eigenvalue weighted by molar-refractivity contribution is 5.78. The van der Waals surface area contributed by atoms with E-state index in [0.29, 0.717) is 24.0 Å². The SMILES string of the molecule is COc1cccc(-c2nnc(CNC(=O)C(C)Cc3ccccc3)o2)c1. The molecule has 1 amide bonds. The molecular formula is C20H21N3O3. The Balaban J connectivity index is 1.56. The summed E-state index contributed by atoms with van der Waals surface area (Å²) in [5.41, 5.74) is 1.90. The zero-order valence-corrected chi connectivity index (χ0v) is 14.8. The van der Waals surface area contributed by atoms with E-state index < -0.39 is 0 Å². The molecule has 6 nitrogen and oxygen atoms in total. The summed E-state index contributed by atoms with van der Waals surface area (Å²) in [6.45, 7) is 2.10. The number of rotatable bonds is 7. The summed E-state index contributed by atoms with van der Waals surface area (Å²) in [4.78, 5) is 12.3. The van der Waals surface area contributed by atoms with Crippen LogP contribution in [0.25, 0.3) is 11.5 Å². The molecule has 0 aliphatic rings.